The quantitative estimate of drug-likeness (QED) is 0.0440. The standard InChI is InChI=1S/C30H60.C20H40/c1-5-8-11-14-17-18-21-24-27-30(26-23-20-16-13-10-7-3)28-29(4)25-22-19-15-12-9-6-2;1-4-6-8-10-12-13-15-17-19-20(3)18-16-14-11-9-7-5-2/h30H,4-28H2,1-3H3;3-19H2,1-2H3. The van der Waals surface area contributed by atoms with Crippen LogP contribution in [0.2, 0.25) is 0 Å². The maximum Gasteiger partial charge on any atom is -0.0294 e. The van der Waals surface area contributed by atoms with E-state index in [1.165, 1.54) is 262 Å². The van der Waals surface area contributed by atoms with E-state index >= 15 is 0 Å². The van der Waals surface area contributed by atoms with Gasteiger partial charge < -0.3 is 0 Å². The molecule has 0 nitrogen and oxygen atoms in total. The van der Waals surface area contributed by atoms with Crippen LogP contribution in [0.3, 0.4) is 0 Å². The number of hydrogen-bond donors (Lipinski definition) is 0. The Morgan fingerprint density at radius 2 is 0.500 bits per heavy atom. The van der Waals surface area contributed by atoms with E-state index in [1.807, 2.05) is 0 Å². The van der Waals surface area contributed by atoms with E-state index in [1.54, 1.807) is 5.57 Å². The van der Waals surface area contributed by atoms with Crippen LogP contribution in [-0.4, -0.2) is 0 Å². The molecule has 0 bridgehead atoms. The Morgan fingerprint density at radius 3 is 0.780 bits per heavy atom. The molecule has 0 heterocycles. The molecule has 0 radical (unpaired) electrons. The van der Waals surface area contributed by atoms with Crippen molar-refractivity contribution in [3.8, 4) is 0 Å². The third-order valence-electron chi connectivity index (χ3n) is 11.2. The van der Waals surface area contributed by atoms with Gasteiger partial charge in [0, 0.05) is 0 Å². The molecule has 1 unspecified atom stereocenters. The van der Waals surface area contributed by atoms with Crippen LogP contribution in [0.5, 0.6) is 0 Å². The molecule has 0 aromatic carbocycles. The summed E-state index contributed by atoms with van der Waals surface area (Å²) in [6.45, 7) is 20.2. The summed E-state index contributed by atoms with van der Waals surface area (Å²) >= 11 is 0. The SMILES string of the molecule is C=C(CCCCCCCC)CC(CCCCCCCC)CCCCCCCCCC.C=C(CCCCCCCC)CCCCCCCCCC. The number of allylic oxidation sites excluding steroid dienone is 2. The maximum atomic E-state index is 4.48. The first-order valence-corrected chi connectivity index (χ1v) is 23.9. The van der Waals surface area contributed by atoms with Crippen molar-refractivity contribution in [3.63, 3.8) is 0 Å². The second kappa shape index (κ2) is 46.5. The molecule has 0 aliphatic carbocycles. The maximum absolute atomic E-state index is 4.48. The van der Waals surface area contributed by atoms with Crippen LogP contribution >= 0.6 is 0 Å². The molecule has 0 aliphatic heterocycles. The minimum Gasteiger partial charge on any atom is -0.0999 e. The summed E-state index contributed by atoms with van der Waals surface area (Å²) in [6.07, 6.45) is 56.5. The zero-order valence-corrected chi connectivity index (χ0v) is 36.3. The molecule has 0 aromatic heterocycles. The van der Waals surface area contributed by atoms with E-state index in [-0.39, 0.29) is 0 Å². The van der Waals surface area contributed by atoms with E-state index < -0.39 is 0 Å². The van der Waals surface area contributed by atoms with Crippen molar-refractivity contribution in [3.05, 3.63) is 24.3 Å². The number of hydrogen-bond acceptors (Lipinski definition) is 0. The lowest BCUT2D eigenvalue weighted by Gasteiger charge is -2.19. The molecule has 300 valence electrons. The first-order valence-electron chi connectivity index (χ1n) is 23.9. The highest BCUT2D eigenvalue weighted by Gasteiger charge is 2.11. The van der Waals surface area contributed by atoms with Crippen molar-refractivity contribution in [2.75, 3.05) is 0 Å². The molecule has 0 N–H and O–H groups in total. The summed E-state index contributed by atoms with van der Waals surface area (Å²) in [5, 5.41) is 0. The van der Waals surface area contributed by atoms with Gasteiger partial charge in [-0.25, -0.2) is 0 Å². The second-order valence-electron chi connectivity index (χ2n) is 16.7. The van der Waals surface area contributed by atoms with Gasteiger partial charge in [-0.05, 0) is 50.9 Å². The van der Waals surface area contributed by atoms with Crippen LogP contribution in [0.1, 0.15) is 291 Å². The van der Waals surface area contributed by atoms with Crippen LogP contribution in [0.15, 0.2) is 24.3 Å². The van der Waals surface area contributed by atoms with Gasteiger partial charge in [-0.1, -0.05) is 271 Å². The zero-order valence-electron chi connectivity index (χ0n) is 36.3. The fraction of sp³-hybridized carbons (Fsp3) is 0.920. The summed E-state index contributed by atoms with van der Waals surface area (Å²) in [4.78, 5) is 0. The van der Waals surface area contributed by atoms with Crippen LogP contribution in [0, 0.1) is 5.92 Å². The molecule has 0 aliphatic rings. The van der Waals surface area contributed by atoms with Gasteiger partial charge in [-0.2, -0.15) is 0 Å². The Kier molecular flexibility index (Phi) is 48.0. The van der Waals surface area contributed by atoms with Crippen molar-refractivity contribution in [2.45, 2.75) is 291 Å². The van der Waals surface area contributed by atoms with Crippen LogP contribution in [0.25, 0.3) is 0 Å². The molecule has 0 aromatic rings. The molecule has 0 saturated heterocycles. The molecule has 0 spiro atoms. The average Bonchev–Trinajstić information content (AvgIpc) is 3.11. The van der Waals surface area contributed by atoms with Gasteiger partial charge >= 0.3 is 0 Å². The van der Waals surface area contributed by atoms with Gasteiger partial charge in [-0.15, -0.1) is 0 Å². The summed E-state index contributed by atoms with van der Waals surface area (Å²) in [5.41, 5.74) is 3.06. The van der Waals surface area contributed by atoms with E-state index in [0.29, 0.717) is 0 Å². The first-order chi connectivity index (χ1) is 24.5. The fourth-order valence-electron chi connectivity index (χ4n) is 7.58. The van der Waals surface area contributed by atoms with Crippen molar-refractivity contribution in [1.82, 2.24) is 0 Å². The smallest absolute Gasteiger partial charge is 0.0294 e. The highest BCUT2D eigenvalue weighted by Crippen LogP contribution is 2.27. The van der Waals surface area contributed by atoms with Crippen LogP contribution in [-0.2, 0) is 0 Å². The molecular weight excluding hydrogens is 601 g/mol. The predicted molar refractivity (Wildman–Crippen MR) is 235 cm³/mol. The highest BCUT2D eigenvalue weighted by molar-refractivity contribution is 4.96. The molecule has 0 amide bonds. The topological polar surface area (TPSA) is 0 Å². The van der Waals surface area contributed by atoms with E-state index in [9.17, 15) is 0 Å². The summed E-state index contributed by atoms with van der Waals surface area (Å²) in [7, 11) is 0. The van der Waals surface area contributed by atoms with Gasteiger partial charge in [0.25, 0.3) is 0 Å². The van der Waals surface area contributed by atoms with Crippen molar-refractivity contribution < 1.29 is 0 Å². The lowest BCUT2D eigenvalue weighted by Crippen LogP contribution is -2.03. The van der Waals surface area contributed by atoms with Gasteiger partial charge in [0.2, 0.25) is 0 Å². The normalized spacial score (nSPS) is 11.8. The molecule has 50 heavy (non-hydrogen) atoms. The molecule has 0 saturated carbocycles. The summed E-state index contributed by atoms with van der Waals surface area (Å²) in [5.74, 6) is 0.920. The predicted octanol–water partition coefficient (Wildman–Crippen LogP) is 19.4. The summed E-state index contributed by atoms with van der Waals surface area (Å²) in [6, 6.07) is 0. The third kappa shape index (κ3) is 45.5. The Labute approximate surface area is 320 Å². The number of rotatable bonds is 41. The van der Waals surface area contributed by atoms with Gasteiger partial charge in [0.15, 0.2) is 0 Å². The zero-order chi connectivity index (χ0) is 37.0. The van der Waals surface area contributed by atoms with Gasteiger partial charge in [0.1, 0.15) is 0 Å². The minimum atomic E-state index is 0.920. The molecule has 0 rings (SSSR count). The van der Waals surface area contributed by atoms with Gasteiger partial charge in [-0.3, -0.25) is 0 Å². The van der Waals surface area contributed by atoms with Crippen molar-refractivity contribution in [2.24, 2.45) is 5.92 Å². The Morgan fingerprint density at radius 1 is 0.280 bits per heavy atom. The Balaban J connectivity index is 0. The van der Waals surface area contributed by atoms with E-state index in [2.05, 4.69) is 47.8 Å². The second-order valence-corrected chi connectivity index (χ2v) is 16.7. The van der Waals surface area contributed by atoms with E-state index in [4.69, 9.17) is 0 Å². The molecule has 0 heteroatoms. The number of unbranched alkanes of at least 4 members (excludes halogenated alkanes) is 29. The average molecular weight is 701 g/mol. The fourth-order valence-corrected chi connectivity index (χ4v) is 7.58. The van der Waals surface area contributed by atoms with Crippen LogP contribution in [0.4, 0.5) is 0 Å². The minimum absolute atomic E-state index is 0.920. The molecule has 0 fully saturated rings. The first kappa shape index (κ1) is 51.6. The monoisotopic (exact) mass is 701 g/mol. The highest BCUT2D eigenvalue weighted by atomic mass is 14.2. The third-order valence-corrected chi connectivity index (χ3v) is 11.2. The lowest BCUT2D eigenvalue weighted by atomic mass is 9.87. The van der Waals surface area contributed by atoms with Crippen molar-refractivity contribution in [1.29, 1.82) is 0 Å². The largest absolute Gasteiger partial charge is 0.0999 e. The van der Waals surface area contributed by atoms with Gasteiger partial charge in [0.05, 0.1) is 0 Å². The lowest BCUT2D eigenvalue weighted by molar-refractivity contribution is 0.395. The Bertz CT molecular complexity index is 628. The summed E-state index contributed by atoms with van der Waals surface area (Å²) < 4.78 is 0. The van der Waals surface area contributed by atoms with E-state index in [0.717, 1.165) is 5.92 Å². The van der Waals surface area contributed by atoms with Crippen molar-refractivity contribution >= 4 is 0 Å². The molecular formula is C50H100. The Hall–Kier alpha value is -0.520. The molecule has 1 atom stereocenters. The van der Waals surface area contributed by atoms with Crippen LogP contribution < -0.4 is 0 Å².